The van der Waals surface area contributed by atoms with Crippen LogP contribution < -0.4 is 5.56 Å². The van der Waals surface area contributed by atoms with Gasteiger partial charge in [0.2, 0.25) is 0 Å². The molecule has 0 spiro atoms. The van der Waals surface area contributed by atoms with Crippen LogP contribution in [-0.4, -0.2) is 59.9 Å². The third kappa shape index (κ3) is 5.86. The van der Waals surface area contributed by atoms with E-state index in [2.05, 4.69) is 21.8 Å². The summed E-state index contributed by atoms with van der Waals surface area (Å²) in [6.45, 7) is 8.12. The summed E-state index contributed by atoms with van der Waals surface area (Å²) in [6, 6.07) is 0. The van der Waals surface area contributed by atoms with Gasteiger partial charge in [0.15, 0.2) is 5.85 Å². The molecule has 32 heavy (non-hydrogen) atoms. The highest BCUT2D eigenvalue weighted by Gasteiger charge is 2.49. The number of aliphatic hydroxyl groups excluding tert-OH is 3. The predicted molar refractivity (Wildman–Crippen MR) is 117 cm³/mol. The number of nitrogens with one attached hydrogen (secondary N) is 1. The van der Waals surface area contributed by atoms with E-state index in [4.69, 9.17) is 9.26 Å². The number of H-pyrrole nitrogens is 1. The molecule has 7 atom stereocenters. The zero-order chi connectivity index (χ0) is 24.3. The fourth-order valence-corrected chi connectivity index (χ4v) is 5.25. The van der Waals surface area contributed by atoms with Crippen molar-refractivity contribution < 1.29 is 34.0 Å². The number of aromatic amines is 1. The summed E-state index contributed by atoms with van der Waals surface area (Å²) >= 11 is 0. The van der Waals surface area contributed by atoms with Crippen LogP contribution in [0.1, 0.15) is 76.6 Å². The van der Waals surface area contributed by atoms with Gasteiger partial charge in [-0.2, -0.15) is 0 Å². The molecule has 0 aromatic carbocycles. The van der Waals surface area contributed by atoms with Crippen molar-refractivity contribution in [2.75, 3.05) is 0 Å². The first-order valence-corrected chi connectivity index (χ1v) is 12.3. The number of aromatic nitrogens is 2. The molecule has 0 radical (unpaired) electrons. The third-order valence-electron chi connectivity index (χ3n) is 5.50. The maximum atomic E-state index is 12.5. The number of hydrogen-bond acceptors (Lipinski definition) is 8. The molecule has 0 bridgehead atoms. The van der Waals surface area contributed by atoms with Crippen molar-refractivity contribution in [3.05, 3.63) is 27.4 Å². The van der Waals surface area contributed by atoms with Gasteiger partial charge in [-0.3, -0.25) is 9.36 Å². The number of aliphatic hydroxyl groups is 3. The quantitative estimate of drug-likeness (QED) is 0.265. The summed E-state index contributed by atoms with van der Waals surface area (Å²) in [5, 5.41) is 31.2. The van der Waals surface area contributed by atoms with Gasteiger partial charge in [-0.15, -0.1) is 0 Å². The minimum absolute atomic E-state index is 0.0202. The Morgan fingerprint density at radius 1 is 1.34 bits per heavy atom. The topological polar surface area (TPSA) is 162 Å². The summed E-state index contributed by atoms with van der Waals surface area (Å²) in [5.74, 6) is 3.86. The van der Waals surface area contributed by atoms with Gasteiger partial charge in [0.1, 0.15) is 35.4 Å². The number of aryl methyl sites for hydroxylation is 1. The van der Waals surface area contributed by atoms with Crippen LogP contribution in [0.4, 0.5) is 0 Å². The fourth-order valence-electron chi connectivity index (χ4n) is 3.87. The molecule has 0 aliphatic carbocycles. The first-order chi connectivity index (χ1) is 14.9. The molecule has 1 aromatic rings. The van der Waals surface area contributed by atoms with Crippen molar-refractivity contribution in [1.29, 1.82) is 0 Å². The van der Waals surface area contributed by atoms with Crippen molar-refractivity contribution in [1.82, 2.24) is 9.97 Å². The molecule has 2 heterocycles. The Morgan fingerprint density at radius 2 is 2.00 bits per heavy atom. The maximum absolute atomic E-state index is 12.5. The Hall–Kier alpha value is -1.57. The molecule has 0 amide bonds. The van der Waals surface area contributed by atoms with E-state index in [1.54, 1.807) is 20.8 Å². The Kier molecular flexibility index (Phi) is 8.82. The van der Waals surface area contributed by atoms with Gasteiger partial charge in [0.05, 0.1) is 11.7 Å². The van der Waals surface area contributed by atoms with Crippen molar-refractivity contribution in [2.24, 2.45) is 0 Å². The van der Waals surface area contributed by atoms with Gasteiger partial charge in [-0.1, -0.05) is 26.2 Å². The molecule has 1 aliphatic rings. The second kappa shape index (κ2) is 10.6. The molecule has 4 unspecified atom stereocenters. The maximum Gasteiger partial charge on any atom is 0.356 e. The molecule has 1 aliphatic heterocycles. The highest BCUT2D eigenvalue weighted by molar-refractivity contribution is 7.53. The Balaban J connectivity index is 2.34. The summed E-state index contributed by atoms with van der Waals surface area (Å²) in [6.07, 6.45) is -3.77. The number of ether oxygens (including phenoxy) is 1. The van der Waals surface area contributed by atoms with Gasteiger partial charge < -0.3 is 34.5 Å². The Labute approximate surface area is 187 Å². The van der Waals surface area contributed by atoms with E-state index in [0.29, 0.717) is 12.8 Å². The average molecular weight is 472 g/mol. The molecule has 180 valence electrons. The number of rotatable bonds is 9. The van der Waals surface area contributed by atoms with E-state index in [-0.39, 0.29) is 29.9 Å². The van der Waals surface area contributed by atoms with E-state index >= 15 is 0 Å². The lowest BCUT2D eigenvalue weighted by atomic mass is 9.91. The van der Waals surface area contributed by atoms with Crippen molar-refractivity contribution in [3.8, 4) is 11.8 Å². The molecule has 0 saturated carbocycles. The number of hydrogen-bond donors (Lipinski definition) is 5. The first kappa shape index (κ1) is 26.7. The van der Waals surface area contributed by atoms with Gasteiger partial charge in [0, 0.05) is 6.42 Å². The highest BCUT2D eigenvalue weighted by Crippen LogP contribution is 2.53. The van der Waals surface area contributed by atoms with E-state index in [1.165, 1.54) is 6.92 Å². The molecular formula is C21H33N2O8P. The monoisotopic (exact) mass is 472 g/mol. The predicted octanol–water partition coefficient (Wildman–Crippen LogP) is 1.49. The second-order valence-electron chi connectivity index (χ2n) is 8.31. The smallest absolute Gasteiger partial charge is 0.356 e. The second-order valence-corrected chi connectivity index (χ2v) is 10.2. The molecule has 1 saturated heterocycles. The largest absolute Gasteiger partial charge is 0.388 e. The normalized spacial score (nSPS) is 27.8. The minimum Gasteiger partial charge on any atom is -0.388 e. The molecule has 1 fully saturated rings. The lowest BCUT2D eigenvalue weighted by Gasteiger charge is -2.35. The Morgan fingerprint density at radius 3 is 2.56 bits per heavy atom. The average Bonchev–Trinajstić information content (AvgIpc) is 2.97. The summed E-state index contributed by atoms with van der Waals surface area (Å²) < 4.78 is 23.9. The van der Waals surface area contributed by atoms with Gasteiger partial charge in [-0.25, -0.2) is 4.98 Å². The van der Waals surface area contributed by atoms with Crippen LogP contribution in [-0.2, 0) is 13.8 Å². The first-order valence-electron chi connectivity index (χ1n) is 10.7. The molecule has 11 heteroatoms. The minimum atomic E-state index is -4.34. The van der Waals surface area contributed by atoms with Crippen LogP contribution in [0.15, 0.2) is 4.79 Å². The standard InChI is InChI=1S/C21H33N2O8P/c1-6-9-13-16(22-12(4)20(27)23-13)19-18(26)17(25)14(30-19)11-21(5,10-7-2)31-32(28,29)15(24)8-3/h14-15,17-19,24-26H,7-8,10-11H2,1-5H3,(H,23,27)(H,28,29)/t14-,15?,17?,18+,19+,21?/m1/s1. The zero-order valence-corrected chi connectivity index (χ0v) is 19.9. The zero-order valence-electron chi connectivity index (χ0n) is 19.0. The van der Waals surface area contributed by atoms with Crippen LogP contribution in [0.3, 0.4) is 0 Å². The van der Waals surface area contributed by atoms with Gasteiger partial charge in [0.25, 0.3) is 5.56 Å². The van der Waals surface area contributed by atoms with Crippen LogP contribution in [0.5, 0.6) is 0 Å². The van der Waals surface area contributed by atoms with Crippen LogP contribution in [0, 0.1) is 18.8 Å². The van der Waals surface area contributed by atoms with E-state index in [1.807, 2.05) is 6.92 Å². The van der Waals surface area contributed by atoms with Gasteiger partial charge in [-0.05, 0) is 39.5 Å². The lowest BCUT2D eigenvalue weighted by Crippen LogP contribution is -2.39. The summed E-state index contributed by atoms with van der Waals surface area (Å²) in [5.41, 5.74) is -1.11. The van der Waals surface area contributed by atoms with Crippen LogP contribution in [0.25, 0.3) is 0 Å². The van der Waals surface area contributed by atoms with Gasteiger partial charge >= 0.3 is 7.60 Å². The number of nitrogens with zero attached hydrogens (tertiary/aromatic N) is 1. The molecule has 5 N–H and O–H groups in total. The summed E-state index contributed by atoms with van der Waals surface area (Å²) in [7, 11) is -4.34. The molecule has 10 nitrogen and oxygen atoms in total. The third-order valence-corrected chi connectivity index (χ3v) is 7.32. The van der Waals surface area contributed by atoms with Crippen LogP contribution >= 0.6 is 7.60 Å². The molecule has 2 rings (SSSR count). The highest BCUT2D eigenvalue weighted by atomic mass is 31.2. The molecular weight excluding hydrogens is 439 g/mol. The van der Waals surface area contributed by atoms with E-state index < -0.39 is 49.0 Å². The Bertz CT molecular complexity index is 971. The lowest BCUT2D eigenvalue weighted by molar-refractivity contribution is -0.0519. The molecule has 1 aromatic heterocycles. The fraction of sp³-hybridized carbons (Fsp3) is 0.714. The van der Waals surface area contributed by atoms with Crippen molar-refractivity contribution in [2.45, 2.75) is 96.2 Å². The van der Waals surface area contributed by atoms with Crippen molar-refractivity contribution in [3.63, 3.8) is 0 Å². The van der Waals surface area contributed by atoms with E-state index in [0.717, 1.165) is 0 Å². The van der Waals surface area contributed by atoms with Crippen molar-refractivity contribution >= 4 is 7.60 Å². The SMILES string of the molecule is CC#Cc1[nH]c(=O)c(C)nc1[C@@H]1O[C@H](CC(C)(CCC)OP(=O)(O)C(O)CC)C(O)[C@@H]1O. The summed E-state index contributed by atoms with van der Waals surface area (Å²) in [4.78, 5) is 29.0. The van der Waals surface area contributed by atoms with E-state index in [9.17, 15) is 29.6 Å². The van der Waals surface area contributed by atoms with Crippen LogP contribution in [0.2, 0.25) is 0 Å².